The molecule has 134 heavy (non-hydrogen) atoms. The lowest BCUT2D eigenvalue weighted by atomic mass is 10.1. The number of aromatic nitrogens is 6. The number of piperidine rings is 1. The number of fused-ring (bicyclic) bond motifs is 3. The maximum atomic E-state index is 14.2. The number of ether oxygens (including phenoxy) is 7. The second-order valence-electron chi connectivity index (χ2n) is 35.1. The summed E-state index contributed by atoms with van der Waals surface area (Å²) in [6.07, 6.45) is 4.20. The number of nitrogens with zero attached hydrogens (tertiary/aromatic N) is 14. The first kappa shape index (κ1) is 97.4. The minimum Gasteiger partial charge on any atom is -0.489 e. The molecule has 5 saturated heterocycles. The molecule has 0 aliphatic carbocycles. The van der Waals surface area contributed by atoms with Gasteiger partial charge in [0.2, 0.25) is 0 Å². The summed E-state index contributed by atoms with van der Waals surface area (Å²) in [7, 11) is 0. The predicted molar refractivity (Wildman–Crippen MR) is 523 cm³/mol. The fourth-order valence-corrected chi connectivity index (χ4v) is 17.2. The summed E-state index contributed by atoms with van der Waals surface area (Å²) in [6.45, 7) is 31.2. The van der Waals surface area contributed by atoms with Crippen molar-refractivity contribution in [2.45, 2.75) is 133 Å². The van der Waals surface area contributed by atoms with E-state index in [0.29, 0.717) is 205 Å². The SMILES string of the molecule is C.CC(C)Oc1ccc(CN2CCCCC2)cc1-n1c(CN2CCN(C(=O)COc3ccc(Cl)cc3)CC2)nc2ccccc2c1=O.Cc1ccc(OCC(=O)N2CCN(Cc3nc4ccccc4c(=O)n3-c3cc(C=O)ccc3OC(C)C)CC2)cc1.Cc1ccc(OCC(=O)N2CCN(Cc3nc4ccccc4c(=O)n3-c3cc(CN4CCOCC4)ccc3OC(C)C)CC2)cc1. The van der Waals surface area contributed by atoms with E-state index in [1.807, 2.05) is 193 Å². The minimum absolute atomic E-state index is 0. The van der Waals surface area contributed by atoms with Crippen molar-refractivity contribution in [3.05, 3.63) is 282 Å². The average molecular weight is 1840 g/mol. The van der Waals surface area contributed by atoms with Crippen LogP contribution in [0.4, 0.5) is 0 Å². The summed E-state index contributed by atoms with van der Waals surface area (Å²) in [5.41, 5.74) is 8.30. The number of halogens is 1. The number of carbonyl (C=O) groups is 4. The van der Waals surface area contributed by atoms with Gasteiger partial charge in [0.1, 0.15) is 58.3 Å². The molecule has 5 fully saturated rings. The predicted octanol–water partition coefficient (Wildman–Crippen LogP) is 14.2. The molecular weight excluding hydrogens is 1720 g/mol. The molecule has 0 unspecified atom stereocenters. The van der Waals surface area contributed by atoms with E-state index in [2.05, 4.69) is 48.8 Å². The highest BCUT2D eigenvalue weighted by Gasteiger charge is 2.31. The average Bonchev–Trinajstić information content (AvgIpc) is 0.768. The van der Waals surface area contributed by atoms with Crippen LogP contribution in [0.15, 0.2) is 215 Å². The topological polar surface area (TPSA) is 263 Å². The van der Waals surface area contributed by atoms with Gasteiger partial charge in [0.05, 0.1) is 101 Å². The fraction of sp³-hybridized carbons (Fsp3) is 0.390. The Labute approximate surface area is 788 Å². The molecule has 0 saturated carbocycles. The molecule has 17 rings (SSSR count). The Morgan fingerprint density at radius 1 is 0.373 bits per heavy atom. The maximum absolute atomic E-state index is 14.2. The molecule has 0 spiro atoms. The van der Waals surface area contributed by atoms with Gasteiger partial charge >= 0.3 is 0 Å². The summed E-state index contributed by atoms with van der Waals surface area (Å²) in [4.78, 5) is 125. The van der Waals surface area contributed by atoms with Crippen LogP contribution in [0.5, 0.6) is 34.5 Å². The minimum atomic E-state index is -0.232. The van der Waals surface area contributed by atoms with Gasteiger partial charge in [-0.15, -0.1) is 0 Å². The van der Waals surface area contributed by atoms with Gasteiger partial charge in [0.15, 0.2) is 19.8 Å². The highest BCUT2D eigenvalue weighted by Crippen LogP contribution is 2.33. The van der Waals surface area contributed by atoms with Crippen LogP contribution in [0.2, 0.25) is 5.02 Å². The summed E-state index contributed by atoms with van der Waals surface area (Å²) >= 11 is 5.95. The van der Waals surface area contributed by atoms with Crippen LogP contribution in [-0.4, -0.2) is 248 Å². The smallest absolute Gasteiger partial charge is 0.266 e. The standard InChI is InChI=1S/C36H42ClN5O4.C36H43N5O5.C32H34N4O5.CH4/c1-26(2)46-33-15-10-27(23-39-16-6-3-7-17-39)22-32(33)42-34(38-31-9-5-4-8-30(31)36(42)44)24-40-18-20-41(21-19-40)35(43)25-45-29-13-11-28(37)12-14-29;1-26(2)46-33-13-10-28(23-39-18-20-44-21-19-39)22-32(33)41-34(37-31-7-5-4-6-30(31)36(41)43)24-38-14-16-40(17-15-38)35(42)25-45-29-11-8-27(3)9-12-29;1-22(2)41-29-13-10-24(20-37)18-28(29)36-30(33-27-7-5-4-6-26(27)32(36)39)19-34-14-16-35(17-15-34)31(38)21-40-25-11-8-23(3)9-12-25;/h4-5,8-15,22,26H,3,6-7,16-21,23-25H2,1-2H3;4-13,22,26H,14-21,23-25H2,1-3H3;4-13,18,20,22H,14-17,19,21H2,1-3H3;1H4. The molecule has 0 atom stereocenters. The lowest BCUT2D eigenvalue weighted by Gasteiger charge is -2.34. The normalized spacial score (nSPS) is 15.4. The number of likely N-dealkylation sites (tertiary alicyclic amines) is 1. The largest absolute Gasteiger partial charge is 0.489 e. The van der Waals surface area contributed by atoms with E-state index in [0.717, 1.165) is 86.7 Å². The molecule has 3 amide bonds. The fourth-order valence-electron chi connectivity index (χ4n) is 17.1. The number of piperazine rings is 3. The number of aldehydes is 1. The number of benzene rings is 9. The van der Waals surface area contributed by atoms with Crippen molar-refractivity contribution in [2.24, 2.45) is 0 Å². The van der Waals surface area contributed by atoms with Gasteiger partial charge in [-0.05, 0) is 220 Å². The zero-order valence-corrected chi connectivity index (χ0v) is 78.0. The summed E-state index contributed by atoms with van der Waals surface area (Å²) in [6, 6.07) is 61.9. The Kier molecular flexibility index (Phi) is 33.7. The van der Waals surface area contributed by atoms with Crippen molar-refractivity contribution in [3.8, 4) is 51.6 Å². The zero-order chi connectivity index (χ0) is 93.0. The molecule has 12 aromatic rings. The van der Waals surface area contributed by atoms with Crippen LogP contribution in [0, 0.1) is 13.8 Å². The second-order valence-corrected chi connectivity index (χ2v) is 35.6. The second kappa shape index (κ2) is 46.3. The summed E-state index contributed by atoms with van der Waals surface area (Å²) < 4.78 is 46.3. The Bertz CT molecular complexity index is 5960. The van der Waals surface area contributed by atoms with Gasteiger partial charge in [-0.25, -0.2) is 15.0 Å². The number of para-hydroxylation sites is 3. The molecule has 0 radical (unpaired) electrons. The lowest BCUT2D eigenvalue weighted by Crippen LogP contribution is -2.50. The Morgan fingerprint density at radius 2 is 0.687 bits per heavy atom. The molecule has 704 valence electrons. The van der Waals surface area contributed by atoms with Gasteiger partial charge in [-0.3, -0.25) is 71.8 Å². The highest BCUT2D eigenvalue weighted by atomic mass is 35.5. The zero-order valence-electron chi connectivity index (χ0n) is 77.2. The molecule has 8 heterocycles. The maximum Gasteiger partial charge on any atom is 0.266 e. The van der Waals surface area contributed by atoms with Crippen LogP contribution in [-0.2, 0) is 51.8 Å². The van der Waals surface area contributed by atoms with Gasteiger partial charge in [-0.1, -0.05) is 109 Å². The first-order valence-corrected chi connectivity index (χ1v) is 46.6. The van der Waals surface area contributed by atoms with E-state index in [9.17, 15) is 33.6 Å². The Balaban J connectivity index is 0.000000161. The molecule has 5 aliphatic heterocycles. The molecule has 29 heteroatoms. The molecule has 28 nitrogen and oxygen atoms in total. The number of hydrogen-bond donors (Lipinski definition) is 0. The first-order chi connectivity index (χ1) is 64.5. The van der Waals surface area contributed by atoms with E-state index in [1.165, 1.54) is 19.3 Å². The van der Waals surface area contributed by atoms with E-state index in [4.69, 9.17) is 59.7 Å². The third-order valence-electron chi connectivity index (χ3n) is 24.1. The van der Waals surface area contributed by atoms with E-state index < -0.39 is 0 Å². The number of hydrogen-bond acceptors (Lipinski definition) is 22. The van der Waals surface area contributed by atoms with Crippen LogP contribution in [0.3, 0.4) is 0 Å². The van der Waals surface area contributed by atoms with Crippen molar-refractivity contribution in [1.82, 2.24) is 67.9 Å². The number of amides is 3. The Morgan fingerprint density at radius 3 is 1.03 bits per heavy atom. The van der Waals surface area contributed by atoms with Crippen molar-refractivity contribution in [2.75, 3.05) is 138 Å². The van der Waals surface area contributed by atoms with Crippen LogP contribution < -0.4 is 45.1 Å². The van der Waals surface area contributed by atoms with Gasteiger partial charge in [0.25, 0.3) is 34.4 Å². The van der Waals surface area contributed by atoms with Gasteiger partial charge in [-0.2, -0.15) is 0 Å². The molecule has 0 N–H and O–H groups in total. The van der Waals surface area contributed by atoms with Gasteiger partial charge < -0.3 is 47.9 Å². The molecule has 0 bridgehead atoms. The summed E-state index contributed by atoms with van der Waals surface area (Å²) in [5, 5.41) is 2.23. The monoisotopic (exact) mass is 1840 g/mol. The molecular formula is C105H123ClN14O14. The lowest BCUT2D eigenvalue weighted by molar-refractivity contribution is -0.135. The van der Waals surface area contributed by atoms with Gasteiger partial charge in [0, 0.05) is 115 Å². The number of rotatable bonds is 29. The van der Waals surface area contributed by atoms with Crippen molar-refractivity contribution in [3.63, 3.8) is 0 Å². The van der Waals surface area contributed by atoms with E-state index in [1.54, 1.807) is 67.1 Å². The summed E-state index contributed by atoms with van der Waals surface area (Å²) in [5.74, 6) is 5.44. The quantitative estimate of drug-likeness (QED) is 0.0394. The van der Waals surface area contributed by atoms with Crippen LogP contribution in [0.25, 0.3) is 49.8 Å². The third-order valence-corrected chi connectivity index (χ3v) is 24.3. The number of morpholine rings is 1. The van der Waals surface area contributed by atoms with E-state index >= 15 is 0 Å². The molecule has 9 aromatic carbocycles. The first-order valence-electron chi connectivity index (χ1n) is 46.2. The van der Waals surface area contributed by atoms with Crippen LogP contribution >= 0.6 is 11.6 Å². The third kappa shape index (κ3) is 25.4. The van der Waals surface area contributed by atoms with Crippen molar-refractivity contribution >= 4 is 68.3 Å². The molecule has 3 aromatic heterocycles. The Hall–Kier alpha value is -12.7. The van der Waals surface area contributed by atoms with Crippen LogP contribution in [0.1, 0.15) is 118 Å². The highest BCUT2D eigenvalue weighted by molar-refractivity contribution is 6.30. The number of aryl methyl sites for hydroxylation is 2. The van der Waals surface area contributed by atoms with Crippen molar-refractivity contribution in [1.29, 1.82) is 0 Å². The van der Waals surface area contributed by atoms with Crippen molar-refractivity contribution < 1.29 is 52.3 Å². The number of carbonyl (C=O) groups excluding carboxylic acids is 4. The molecule has 5 aliphatic rings. The van der Waals surface area contributed by atoms with E-state index in [-0.39, 0.29) is 80.0 Å².